The number of benzene rings is 1. The van der Waals surface area contributed by atoms with E-state index in [1.807, 2.05) is 32.0 Å². The van der Waals surface area contributed by atoms with Crippen LogP contribution in [-0.4, -0.2) is 16.1 Å². The van der Waals surface area contributed by atoms with E-state index in [0.29, 0.717) is 16.7 Å². The lowest BCUT2D eigenvalue weighted by Gasteiger charge is -2.04. The van der Waals surface area contributed by atoms with Crippen molar-refractivity contribution in [1.82, 2.24) is 10.2 Å². The summed E-state index contributed by atoms with van der Waals surface area (Å²) in [5.41, 5.74) is 8.82. The molecule has 1 aromatic heterocycles. The third kappa shape index (κ3) is 3.04. The predicted molar refractivity (Wildman–Crippen MR) is 72.6 cm³/mol. The minimum atomic E-state index is -0.116. The topological polar surface area (TPSA) is 80.9 Å². The first-order valence-electron chi connectivity index (χ1n) is 5.49. The standard InChI is InChI=1S/C12H14N4OS/c1-7-3-4-9(5-8(7)2)6-10(17)14-12-16-15-11(13)18-12/h3-5H,6H2,1-2H3,(H2,13,15)(H,14,16,17). The van der Waals surface area contributed by atoms with Gasteiger partial charge in [0, 0.05) is 0 Å². The number of aryl methyl sites for hydroxylation is 2. The molecule has 3 N–H and O–H groups in total. The SMILES string of the molecule is Cc1ccc(CC(=O)Nc2nnc(N)s2)cc1C. The Labute approximate surface area is 109 Å². The fourth-order valence-corrected chi connectivity index (χ4v) is 2.07. The maximum Gasteiger partial charge on any atom is 0.230 e. The predicted octanol–water partition coefficient (Wildman–Crippen LogP) is 1.92. The molecule has 5 nitrogen and oxygen atoms in total. The molecule has 2 rings (SSSR count). The normalized spacial score (nSPS) is 10.3. The Morgan fingerprint density at radius 1 is 1.33 bits per heavy atom. The third-order valence-electron chi connectivity index (χ3n) is 2.62. The Kier molecular flexibility index (Phi) is 3.57. The summed E-state index contributed by atoms with van der Waals surface area (Å²) in [4.78, 5) is 11.8. The number of nitrogens with one attached hydrogen (secondary N) is 1. The quantitative estimate of drug-likeness (QED) is 0.885. The fourth-order valence-electron chi connectivity index (χ4n) is 1.55. The number of amides is 1. The van der Waals surface area contributed by atoms with Gasteiger partial charge in [-0.3, -0.25) is 4.79 Å². The van der Waals surface area contributed by atoms with Crippen molar-refractivity contribution in [3.8, 4) is 0 Å². The van der Waals surface area contributed by atoms with Crippen LogP contribution in [-0.2, 0) is 11.2 Å². The summed E-state index contributed by atoms with van der Waals surface area (Å²) in [6.45, 7) is 4.07. The Bertz CT molecular complexity index is 579. The Morgan fingerprint density at radius 2 is 2.11 bits per heavy atom. The minimum Gasteiger partial charge on any atom is -0.374 e. The molecule has 18 heavy (non-hydrogen) atoms. The smallest absolute Gasteiger partial charge is 0.230 e. The zero-order valence-corrected chi connectivity index (χ0v) is 11.0. The van der Waals surface area contributed by atoms with Crippen LogP contribution in [0.2, 0.25) is 0 Å². The second-order valence-electron chi connectivity index (χ2n) is 4.09. The summed E-state index contributed by atoms with van der Waals surface area (Å²) in [6.07, 6.45) is 0.320. The second-order valence-corrected chi connectivity index (χ2v) is 5.10. The van der Waals surface area contributed by atoms with Crippen molar-refractivity contribution in [2.45, 2.75) is 20.3 Å². The Hall–Kier alpha value is -1.95. The molecule has 2 aromatic rings. The number of aromatic nitrogens is 2. The van der Waals surface area contributed by atoms with Gasteiger partial charge in [-0.2, -0.15) is 0 Å². The molecule has 0 fully saturated rings. The van der Waals surface area contributed by atoms with Crippen molar-refractivity contribution in [3.63, 3.8) is 0 Å². The van der Waals surface area contributed by atoms with Crippen LogP contribution in [0.15, 0.2) is 18.2 Å². The molecule has 0 aliphatic carbocycles. The van der Waals surface area contributed by atoms with Gasteiger partial charge in [0.2, 0.25) is 16.2 Å². The number of anilines is 2. The summed E-state index contributed by atoms with van der Waals surface area (Å²) in [5.74, 6) is -0.116. The van der Waals surface area contributed by atoms with Crippen molar-refractivity contribution < 1.29 is 4.79 Å². The molecule has 0 aliphatic heterocycles. The molecule has 0 atom stereocenters. The van der Waals surface area contributed by atoms with E-state index >= 15 is 0 Å². The van der Waals surface area contributed by atoms with Gasteiger partial charge in [-0.05, 0) is 30.5 Å². The van der Waals surface area contributed by atoms with E-state index < -0.39 is 0 Å². The van der Waals surface area contributed by atoms with Gasteiger partial charge in [0.05, 0.1) is 6.42 Å². The number of rotatable bonds is 3. The molecule has 0 saturated carbocycles. The van der Waals surface area contributed by atoms with Gasteiger partial charge in [0.25, 0.3) is 0 Å². The van der Waals surface area contributed by atoms with Crippen LogP contribution < -0.4 is 11.1 Å². The highest BCUT2D eigenvalue weighted by Crippen LogP contribution is 2.17. The van der Waals surface area contributed by atoms with Crippen molar-refractivity contribution in [2.24, 2.45) is 0 Å². The molecule has 0 radical (unpaired) electrons. The highest BCUT2D eigenvalue weighted by molar-refractivity contribution is 7.18. The zero-order chi connectivity index (χ0) is 13.1. The number of nitrogen functional groups attached to an aromatic ring is 1. The minimum absolute atomic E-state index is 0.116. The lowest BCUT2D eigenvalue weighted by Crippen LogP contribution is -2.14. The lowest BCUT2D eigenvalue weighted by atomic mass is 10.0. The van der Waals surface area contributed by atoms with Crippen LogP contribution in [0.3, 0.4) is 0 Å². The molecule has 1 heterocycles. The number of carbonyl (C=O) groups excluding carboxylic acids is 1. The molecule has 0 saturated heterocycles. The highest BCUT2D eigenvalue weighted by atomic mass is 32.1. The van der Waals surface area contributed by atoms with Crippen molar-refractivity contribution >= 4 is 27.5 Å². The third-order valence-corrected chi connectivity index (χ3v) is 3.29. The average molecular weight is 262 g/mol. The van der Waals surface area contributed by atoms with E-state index in [0.717, 1.165) is 16.9 Å². The van der Waals surface area contributed by atoms with E-state index in [-0.39, 0.29) is 5.91 Å². The van der Waals surface area contributed by atoms with Crippen LogP contribution in [0.25, 0.3) is 0 Å². The van der Waals surface area contributed by atoms with E-state index in [9.17, 15) is 4.79 Å². The molecule has 1 amide bonds. The second kappa shape index (κ2) is 5.14. The van der Waals surface area contributed by atoms with E-state index in [4.69, 9.17) is 5.73 Å². The molecule has 0 unspecified atom stereocenters. The van der Waals surface area contributed by atoms with E-state index in [1.165, 1.54) is 11.1 Å². The van der Waals surface area contributed by atoms with Gasteiger partial charge in [-0.25, -0.2) is 0 Å². The van der Waals surface area contributed by atoms with Crippen LogP contribution in [0.1, 0.15) is 16.7 Å². The van der Waals surface area contributed by atoms with Crippen molar-refractivity contribution in [1.29, 1.82) is 0 Å². The van der Waals surface area contributed by atoms with Crippen LogP contribution >= 0.6 is 11.3 Å². The molecular formula is C12H14N4OS. The van der Waals surface area contributed by atoms with E-state index in [1.54, 1.807) is 0 Å². The zero-order valence-electron chi connectivity index (χ0n) is 10.2. The van der Waals surface area contributed by atoms with E-state index in [2.05, 4.69) is 15.5 Å². The molecule has 1 aromatic carbocycles. The number of nitrogens with two attached hydrogens (primary N) is 1. The molecule has 0 aliphatic rings. The number of hydrogen-bond donors (Lipinski definition) is 2. The molecule has 0 spiro atoms. The van der Waals surface area contributed by atoms with Crippen molar-refractivity contribution in [2.75, 3.05) is 11.1 Å². The summed E-state index contributed by atoms with van der Waals surface area (Å²) in [6, 6.07) is 5.99. The maximum atomic E-state index is 11.8. The van der Waals surface area contributed by atoms with Gasteiger partial charge in [0.15, 0.2) is 0 Å². The van der Waals surface area contributed by atoms with Gasteiger partial charge < -0.3 is 11.1 Å². The summed E-state index contributed by atoms with van der Waals surface area (Å²) in [7, 11) is 0. The van der Waals surface area contributed by atoms with Gasteiger partial charge >= 0.3 is 0 Å². The van der Waals surface area contributed by atoms with Gasteiger partial charge in [0.1, 0.15) is 0 Å². The Morgan fingerprint density at radius 3 is 2.72 bits per heavy atom. The summed E-state index contributed by atoms with van der Waals surface area (Å²) in [5, 5.41) is 10.8. The monoisotopic (exact) mass is 262 g/mol. The van der Waals surface area contributed by atoms with Crippen molar-refractivity contribution in [3.05, 3.63) is 34.9 Å². The van der Waals surface area contributed by atoms with Gasteiger partial charge in [-0.1, -0.05) is 29.5 Å². The number of nitrogens with zero attached hydrogens (tertiary/aromatic N) is 2. The molecule has 6 heteroatoms. The number of hydrogen-bond acceptors (Lipinski definition) is 5. The first-order chi connectivity index (χ1) is 8.54. The first kappa shape index (κ1) is 12.5. The van der Waals surface area contributed by atoms with Crippen LogP contribution in [0, 0.1) is 13.8 Å². The maximum absolute atomic E-state index is 11.8. The molecule has 94 valence electrons. The molecule has 0 bridgehead atoms. The van der Waals surface area contributed by atoms with Gasteiger partial charge in [-0.15, -0.1) is 10.2 Å². The van der Waals surface area contributed by atoms with Crippen LogP contribution in [0.5, 0.6) is 0 Å². The average Bonchev–Trinajstić information content (AvgIpc) is 2.69. The highest BCUT2D eigenvalue weighted by Gasteiger charge is 2.08. The first-order valence-corrected chi connectivity index (χ1v) is 6.31. The van der Waals surface area contributed by atoms with Crippen LogP contribution in [0.4, 0.5) is 10.3 Å². The lowest BCUT2D eigenvalue weighted by molar-refractivity contribution is -0.115. The number of carbonyl (C=O) groups is 1. The molecular weight excluding hydrogens is 248 g/mol. The Balaban J connectivity index is 2.00. The fraction of sp³-hybridized carbons (Fsp3) is 0.250. The summed E-state index contributed by atoms with van der Waals surface area (Å²) >= 11 is 1.16. The summed E-state index contributed by atoms with van der Waals surface area (Å²) < 4.78 is 0. The largest absolute Gasteiger partial charge is 0.374 e.